The topological polar surface area (TPSA) is 91.2 Å². The van der Waals surface area contributed by atoms with Crippen LogP contribution in [0, 0.1) is 0 Å². The van der Waals surface area contributed by atoms with Gasteiger partial charge >= 0.3 is 0 Å². The Bertz CT molecular complexity index is 881. The van der Waals surface area contributed by atoms with Gasteiger partial charge in [0.15, 0.2) is 11.5 Å². The SMILES string of the molecule is O=C(NCc1cn(-c2cccnc2)nn1)C1COc2ccccc2O1. The van der Waals surface area contributed by atoms with Gasteiger partial charge < -0.3 is 14.8 Å². The van der Waals surface area contributed by atoms with Crippen molar-refractivity contribution in [3.05, 3.63) is 60.7 Å². The number of hydrogen-bond acceptors (Lipinski definition) is 6. The Balaban J connectivity index is 1.36. The summed E-state index contributed by atoms with van der Waals surface area (Å²) in [5.74, 6) is 0.952. The summed E-state index contributed by atoms with van der Waals surface area (Å²) in [4.78, 5) is 16.3. The molecule has 4 rings (SSSR count). The molecule has 2 aromatic heterocycles. The van der Waals surface area contributed by atoms with Crippen molar-refractivity contribution in [3.8, 4) is 17.2 Å². The summed E-state index contributed by atoms with van der Waals surface area (Å²) in [5, 5.41) is 10.9. The van der Waals surface area contributed by atoms with Crippen LogP contribution in [0.15, 0.2) is 55.0 Å². The van der Waals surface area contributed by atoms with Crippen LogP contribution >= 0.6 is 0 Å². The molecule has 0 saturated heterocycles. The lowest BCUT2D eigenvalue weighted by atomic mass is 10.2. The Morgan fingerprint density at radius 3 is 2.96 bits per heavy atom. The Labute approximate surface area is 143 Å². The molecule has 1 aromatic carbocycles. The van der Waals surface area contributed by atoms with E-state index >= 15 is 0 Å². The van der Waals surface area contributed by atoms with Crippen molar-refractivity contribution in [3.63, 3.8) is 0 Å². The van der Waals surface area contributed by atoms with Crippen molar-refractivity contribution < 1.29 is 14.3 Å². The number of nitrogens with one attached hydrogen (secondary N) is 1. The van der Waals surface area contributed by atoms with Gasteiger partial charge in [-0.1, -0.05) is 17.3 Å². The first-order valence-electron chi connectivity index (χ1n) is 7.77. The number of para-hydroxylation sites is 2. The lowest BCUT2D eigenvalue weighted by Gasteiger charge is -2.25. The van der Waals surface area contributed by atoms with E-state index in [-0.39, 0.29) is 19.1 Å². The number of pyridine rings is 1. The van der Waals surface area contributed by atoms with Crippen molar-refractivity contribution >= 4 is 5.91 Å². The molecule has 1 N–H and O–H groups in total. The highest BCUT2D eigenvalue weighted by atomic mass is 16.6. The van der Waals surface area contributed by atoms with Gasteiger partial charge in [0, 0.05) is 6.20 Å². The molecule has 1 amide bonds. The molecule has 0 radical (unpaired) electrons. The van der Waals surface area contributed by atoms with Crippen molar-refractivity contribution in [1.82, 2.24) is 25.3 Å². The van der Waals surface area contributed by atoms with Gasteiger partial charge in [-0.3, -0.25) is 9.78 Å². The van der Waals surface area contributed by atoms with Gasteiger partial charge in [0.25, 0.3) is 5.91 Å². The van der Waals surface area contributed by atoms with Crippen LogP contribution in [0.2, 0.25) is 0 Å². The van der Waals surface area contributed by atoms with Crippen LogP contribution in [0.3, 0.4) is 0 Å². The molecule has 0 saturated carbocycles. The van der Waals surface area contributed by atoms with Gasteiger partial charge in [0.05, 0.1) is 24.6 Å². The van der Waals surface area contributed by atoms with Gasteiger partial charge in [-0.2, -0.15) is 0 Å². The van der Waals surface area contributed by atoms with Gasteiger partial charge in [-0.25, -0.2) is 4.68 Å². The van der Waals surface area contributed by atoms with Crippen molar-refractivity contribution in [2.75, 3.05) is 6.61 Å². The number of hydrogen-bond donors (Lipinski definition) is 1. The van der Waals surface area contributed by atoms with Gasteiger partial charge in [0.2, 0.25) is 6.10 Å². The molecule has 0 fully saturated rings. The highest BCUT2D eigenvalue weighted by molar-refractivity contribution is 5.81. The molecule has 126 valence electrons. The highest BCUT2D eigenvalue weighted by Gasteiger charge is 2.27. The van der Waals surface area contributed by atoms with E-state index in [4.69, 9.17) is 9.47 Å². The fourth-order valence-corrected chi connectivity index (χ4v) is 2.44. The summed E-state index contributed by atoms with van der Waals surface area (Å²) >= 11 is 0. The Morgan fingerprint density at radius 1 is 1.24 bits per heavy atom. The summed E-state index contributed by atoms with van der Waals surface area (Å²) in [5.41, 5.74) is 1.43. The standard InChI is InChI=1S/C17H15N5O3/c23-17(16-11-24-14-5-1-2-6-15(14)25-16)19-8-12-10-22(21-20-12)13-4-3-7-18-9-13/h1-7,9-10,16H,8,11H2,(H,19,23). The molecule has 3 aromatic rings. The molecule has 1 unspecified atom stereocenters. The molecule has 3 heterocycles. The van der Waals surface area contributed by atoms with Crippen LogP contribution in [0.5, 0.6) is 11.5 Å². The second-order valence-corrected chi connectivity index (χ2v) is 5.45. The minimum absolute atomic E-state index is 0.172. The fraction of sp³-hybridized carbons (Fsp3) is 0.176. The van der Waals surface area contributed by atoms with E-state index in [1.807, 2.05) is 24.3 Å². The molecule has 1 aliphatic heterocycles. The van der Waals surface area contributed by atoms with Gasteiger partial charge in [-0.05, 0) is 24.3 Å². The number of rotatable bonds is 4. The third-order valence-corrected chi connectivity index (χ3v) is 3.70. The van der Waals surface area contributed by atoms with E-state index in [1.54, 1.807) is 35.4 Å². The molecule has 1 aliphatic rings. The quantitative estimate of drug-likeness (QED) is 0.767. The predicted octanol–water partition coefficient (Wildman–Crippen LogP) is 1.12. The van der Waals surface area contributed by atoms with E-state index in [9.17, 15) is 4.79 Å². The zero-order chi connectivity index (χ0) is 17.1. The van der Waals surface area contributed by atoms with E-state index in [2.05, 4.69) is 20.6 Å². The number of fused-ring (bicyclic) bond motifs is 1. The molecule has 0 aliphatic carbocycles. The second kappa shape index (κ2) is 6.60. The summed E-state index contributed by atoms with van der Waals surface area (Å²) in [6.45, 7) is 0.422. The van der Waals surface area contributed by atoms with E-state index in [0.29, 0.717) is 17.2 Å². The summed E-state index contributed by atoms with van der Waals surface area (Å²) in [7, 11) is 0. The largest absolute Gasteiger partial charge is 0.485 e. The third kappa shape index (κ3) is 3.27. The molecule has 1 atom stereocenters. The van der Waals surface area contributed by atoms with Crippen LogP contribution in [0.4, 0.5) is 0 Å². The average molecular weight is 337 g/mol. The minimum Gasteiger partial charge on any atom is -0.485 e. The zero-order valence-corrected chi connectivity index (χ0v) is 13.2. The summed E-state index contributed by atoms with van der Waals surface area (Å²) in [6, 6.07) is 11.0. The first-order valence-corrected chi connectivity index (χ1v) is 7.77. The molecule has 8 nitrogen and oxygen atoms in total. The maximum Gasteiger partial charge on any atom is 0.265 e. The normalized spacial score (nSPS) is 15.6. The van der Waals surface area contributed by atoms with Crippen LogP contribution in [0.1, 0.15) is 5.69 Å². The van der Waals surface area contributed by atoms with E-state index < -0.39 is 6.10 Å². The second-order valence-electron chi connectivity index (χ2n) is 5.45. The average Bonchev–Trinajstić information content (AvgIpc) is 3.15. The number of aromatic nitrogens is 4. The Kier molecular flexibility index (Phi) is 3.99. The fourth-order valence-electron chi connectivity index (χ4n) is 2.44. The maximum absolute atomic E-state index is 12.3. The summed E-state index contributed by atoms with van der Waals surface area (Å²) in [6.07, 6.45) is 4.42. The number of amides is 1. The maximum atomic E-state index is 12.3. The lowest BCUT2D eigenvalue weighted by Crippen LogP contribution is -2.43. The van der Waals surface area contributed by atoms with Gasteiger partial charge in [0.1, 0.15) is 12.3 Å². The summed E-state index contributed by atoms with van der Waals surface area (Å²) < 4.78 is 12.8. The number of carbonyl (C=O) groups is 1. The van der Waals surface area contributed by atoms with E-state index in [1.165, 1.54) is 0 Å². The van der Waals surface area contributed by atoms with Gasteiger partial charge in [-0.15, -0.1) is 5.10 Å². The van der Waals surface area contributed by atoms with Crippen LogP contribution in [-0.4, -0.2) is 38.6 Å². The number of carbonyl (C=O) groups excluding carboxylic acids is 1. The van der Waals surface area contributed by atoms with Crippen LogP contribution in [0.25, 0.3) is 5.69 Å². The van der Waals surface area contributed by atoms with Crippen molar-refractivity contribution in [1.29, 1.82) is 0 Å². The Hall–Kier alpha value is -3.42. The monoisotopic (exact) mass is 337 g/mol. The van der Waals surface area contributed by atoms with Crippen LogP contribution in [-0.2, 0) is 11.3 Å². The van der Waals surface area contributed by atoms with Crippen LogP contribution < -0.4 is 14.8 Å². The third-order valence-electron chi connectivity index (χ3n) is 3.70. The van der Waals surface area contributed by atoms with Crippen molar-refractivity contribution in [2.45, 2.75) is 12.6 Å². The smallest absolute Gasteiger partial charge is 0.265 e. The predicted molar refractivity (Wildman–Crippen MR) is 87.4 cm³/mol. The number of nitrogens with zero attached hydrogens (tertiary/aromatic N) is 4. The molecule has 0 bridgehead atoms. The Morgan fingerprint density at radius 2 is 2.12 bits per heavy atom. The molecule has 8 heteroatoms. The van der Waals surface area contributed by atoms with Crippen molar-refractivity contribution in [2.24, 2.45) is 0 Å². The molecule has 0 spiro atoms. The number of benzene rings is 1. The zero-order valence-electron chi connectivity index (χ0n) is 13.2. The highest BCUT2D eigenvalue weighted by Crippen LogP contribution is 2.30. The number of ether oxygens (including phenoxy) is 2. The lowest BCUT2D eigenvalue weighted by molar-refractivity contribution is -0.130. The first-order chi connectivity index (χ1) is 12.3. The molecular formula is C17H15N5O3. The molecular weight excluding hydrogens is 322 g/mol. The first kappa shape index (κ1) is 15.1. The molecule has 25 heavy (non-hydrogen) atoms. The van der Waals surface area contributed by atoms with E-state index in [0.717, 1.165) is 5.69 Å². The minimum atomic E-state index is -0.691.